The summed E-state index contributed by atoms with van der Waals surface area (Å²) in [6.07, 6.45) is 1.68. The number of nitrogen functional groups attached to an aromatic ring is 1. The minimum Gasteiger partial charge on any atom is -0.422 e. The number of hydrogen-bond acceptors (Lipinski definition) is 17. The summed E-state index contributed by atoms with van der Waals surface area (Å²) < 4.78 is 68.0. The van der Waals surface area contributed by atoms with E-state index in [0.29, 0.717) is 140 Å². The van der Waals surface area contributed by atoms with Crippen molar-refractivity contribution in [3.63, 3.8) is 0 Å². The van der Waals surface area contributed by atoms with Crippen LogP contribution in [0.25, 0.3) is 33.0 Å². The number of aromatic amines is 1. The van der Waals surface area contributed by atoms with Gasteiger partial charge in [-0.15, -0.1) is 0 Å². The molecule has 0 atom stereocenters. The lowest BCUT2D eigenvalue weighted by Crippen LogP contribution is -2.37. The summed E-state index contributed by atoms with van der Waals surface area (Å²) in [5.74, 6) is -1.20. The molecule has 0 radical (unpaired) electrons. The molecule has 0 unspecified atom stereocenters. The van der Waals surface area contributed by atoms with Gasteiger partial charge in [-0.1, -0.05) is 24.3 Å². The van der Waals surface area contributed by atoms with Crippen LogP contribution in [0.5, 0.6) is 5.75 Å². The van der Waals surface area contributed by atoms with Crippen LogP contribution in [0.15, 0.2) is 95.9 Å². The zero-order valence-electron chi connectivity index (χ0n) is 41.6. The molecule has 0 saturated heterocycles. The van der Waals surface area contributed by atoms with Gasteiger partial charge in [0.05, 0.1) is 107 Å². The molecule has 0 aliphatic heterocycles. The molecular formula is C52H60N9O13S+. The first-order valence-corrected chi connectivity index (χ1v) is 25.8. The molecule has 3 heterocycles. The van der Waals surface area contributed by atoms with Crippen molar-refractivity contribution in [2.45, 2.75) is 33.4 Å². The highest BCUT2D eigenvalue weighted by molar-refractivity contribution is 7.85. The van der Waals surface area contributed by atoms with Crippen LogP contribution in [0.2, 0.25) is 0 Å². The van der Waals surface area contributed by atoms with Gasteiger partial charge in [0.2, 0.25) is 17.0 Å². The van der Waals surface area contributed by atoms with Crippen LogP contribution in [0.1, 0.15) is 54.3 Å². The molecule has 22 nitrogen and oxygen atoms in total. The summed E-state index contributed by atoms with van der Waals surface area (Å²) in [6.45, 7) is 8.27. The number of amides is 2. The number of pyridine rings is 1. The van der Waals surface area contributed by atoms with E-state index in [1.54, 1.807) is 50.2 Å². The zero-order chi connectivity index (χ0) is 53.2. The number of aromatic nitrogens is 5. The molecule has 2 amide bonds. The number of nitrogens with two attached hydrogens (primary N) is 1. The Kier molecular flexibility index (Phi) is 20.0. The van der Waals surface area contributed by atoms with Gasteiger partial charge in [0, 0.05) is 48.5 Å². The maximum absolute atomic E-state index is 14.0. The SMILES string of the molecule is Cc1cc(C(=O)NCCOCCOCCOCCOCCOCCNC(=O)c2ccc(NCc3cnc4nc(N)[nH]c(=O)c4n3)cc2)cc(C)c1OC(=O)c1c2ccccc2[n+](CCCS(=O)(=O)O)c2ccccc12. The van der Waals surface area contributed by atoms with Crippen LogP contribution in [-0.4, -0.2) is 136 Å². The Balaban J connectivity index is 0.696. The minimum absolute atomic E-state index is 0.0284. The largest absolute Gasteiger partial charge is 0.422 e. The molecule has 75 heavy (non-hydrogen) atoms. The van der Waals surface area contributed by atoms with E-state index in [1.165, 1.54) is 6.20 Å². The van der Waals surface area contributed by atoms with Crippen molar-refractivity contribution >= 4 is 72.5 Å². The Hall–Kier alpha value is -7.51. The topological polar surface area (TPSA) is 298 Å². The third-order valence-corrected chi connectivity index (χ3v) is 12.3. The molecule has 0 aliphatic carbocycles. The number of carbonyl (C=O) groups excluding carboxylic acids is 3. The van der Waals surface area contributed by atoms with E-state index in [0.717, 1.165) is 5.69 Å². The van der Waals surface area contributed by atoms with Gasteiger partial charge in [-0.2, -0.15) is 18.0 Å². The first-order valence-electron chi connectivity index (χ1n) is 24.2. The fraction of sp³-hybridized carbons (Fsp3) is 0.346. The number of ether oxygens (including phenoxy) is 6. The number of aryl methyl sites for hydroxylation is 3. The van der Waals surface area contributed by atoms with Gasteiger partial charge in [-0.3, -0.25) is 23.9 Å². The van der Waals surface area contributed by atoms with Crippen LogP contribution in [-0.2, 0) is 46.9 Å². The van der Waals surface area contributed by atoms with E-state index in [1.807, 2.05) is 53.1 Å². The molecule has 0 aliphatic rings. The molecule has 7 N–H and O–H groups in total. The monoisotopic (exact) mass is 1050 g/mol. The summed E-state index contributed by atoms with van der Waals surface area (Å²) in [4.78, 5) is 66.6. The fourth-order valence-corrected chi connectivity index (χ4v) is 8.51. The Labute approximate surface area is 432 Å². The highest BCUT2D eigenvalue weighted by Gasteiger charge is 2.27. The molecule has 7 rings (SSSR count). The second-order valence-electron chi connectivity index (χ2n) is 17.0. The minimum atomic E-state index is -4.14. The molecule has 0 spiro atoms. The normalized spacial score (nSPS) is 11.6. The summed E-state index contributed by atoms with van der Waals surface area (Å²) in [6, 6.07) is 24.9. The van der Waals surface area contributed by atoms with Crippen molar-refractivity contribution in [1.29, 1.82) is 0 Å². The van der Waals surface area contributed by atoms with E-state index in [2.05, 4.69) is 35.9 Å². The average molecular weight is 1050 g/mol. The first-order chi connectivity index (χ1) is 36.3. The van der Waals surface area contributed by atoms with Crippen LogP contribution in [0.4, 0.5) is 11.6 Å². The fourth-order valence-electron chi connectivity index (χ4n) is 8.02. The third-order valence-electron chi connectivity index (χ3n) is 11.5. The van der Waals surface area contributed by atoms with Gasteiger partial charge in [0.15, 0.2) is 17.7 Å². The van der Waals surface area contributed by atoms with Crippen molar-refractivity contribution in [3.8, 4) is 5.75 Å². The number of hydrogen-bond donors (Lipinski definition) is 6. The number of benzene rings is 4. The van der Waals surface area contributed by atoms with Gasteiger partial charge >= 0.3 is 5.97 Å². The van der Waals surface area contributed by atoms with E-state index < -0.39 is 27.4 Å². The average Bonchev–Trinajstić information content (AvgIpc) is 3.39. The number of fused-ring (bicyclic) bond motifs is 3. The predicted molar refractivity (Wildman–Crippen MR) is 278 cm³/mol. The van der Waals surface area contributed by atoms with E-state index in [9.17, 15) is 32.1 Å². The maximum Gasteiger partial charge on any atom is 0.345 e. The first kappa shape index (κ1) is 55.2. The molecule has 4 aromatic carbocycles. The Morgan fingerprint density at radius 1 is 0.707 bits per heavy atom. The third kappa shape index (κ3) is 16.0. The summed E-state index contributed by atoms with van der Waals surface area (Å²) in [7, 11) is -4.14. The number of anilines is 2. The van der Waals surface area contributed by atoms with E-state index in [4.69, 9.17) is 34.2 Å². The quantitative estimate of drug-likeness (QED) is 0.00969. The summed E-state index contributed by atoms with van der Waals surface area (Å²) in [5, 5.41) is 10.1. The Bertz CT molecular complexity index is 3210. The number of para-hydroxylation sites is 2. The maximum atomic E-state index is 14.0. The van der Waals surface area contributed by atoms with Gasteiger partial charge in [-0.25, -0.2) is 14.8 Å². The van der Waals surface area contributed by atoms with Crippen molar-refractivity contribution in [2.24, 2.45) is 0 Å². The second kappa shape index (κ2) is 27.1. The smallest absolute Gasteiger partial charge is 0.345 e. The van der Waals surface area contributed by atoms with Gasteiger partial charge < -0.3 is 50.1 Å². The van der Waals surface area contributed by atoms with Crippen LogP contribution >= 0.6 is 0 Å². The van der Waals surface area contributed by atoms with Gasteiger partial charge in [0.25, 0.3) is 27.5 Å². The highest BCUT2D eigenvalue weighted by atomic mass is 32.2. The summed E-state index contributed by atoms with van der Waals surface area (Å²) in [5.41, 5.74) is 10.5. The Morgan fingerprint density at radius 2 is 1.23 bits per heavy atom. The number of nitrogens with one attached hydrogen (secondary N) is 4. The molecule has 0 bridgehead atoms. The van der Waals surface area contributed by atoms with Gasteiger partial charge in [-0.05, 0) is 73.5 Å². The molecule has 0 fully saturated rings. The van der Waals surface area contributed by atoms with Crippen molar-refractivity contribution in [3.05, 3.63) is 135 Å². The summed E-state index contributed by atoms with van der Waals surface area (Å²) >= 11 is 0. The van der Waals surface area contributed by atoms with Crippen LogP contribution < -0.4 is 36.5 Å². The van der Waals surface area contributed by atoms with Crippen molar-refractivity contribution in [1.82, 2.24) is 30.6 Å². The lowest BCUT2D eigenvalue weighted by atomic mass is 10.0. The van der Waals surface area contributed by atoms with Crippen molar-refractivity contribution < 1.29 is 60.3 Å². The molecule has 0 saturated carbocycles. The van der Waals surface area contributed by atoms with E-state index >= 15 is 0 Å². The molecular weight excluding hydrogens is 991 g/mol. The number of carbonyl (C=O) groups is 3. The Morgan fingerprint density at radius 3 is 1.77 bits per heavy atom. The van der Waals surface area contributed by atoms with Crippen LogP contribution in [0.3, 0.4) is 0 Å². The lowest BCUT2D eigenvalue weighted by molar-refractivity contribution is -0.645. The second-order valence-corrected chi connectivity index (χ2v) is 18.6. The number of H-pyrrole nitrogens is 1. The molecule has 3 aromatic heterocycles. The zero-order valence-corrected chi connectivity index (χ0v) is 42.4. The van der Waals surface area contributed by atoms with Crippen molar-refractivity contribution in [2.75, 3.05) is 96.0 Å². The van der Waals surface area contributed by atoms with E-state index in [-0.39, 0.29) is 48.5 Å². The van der Waals surface area contributed by atoms with Gasteiger partial charge in [0.1, 0.15) is 5.75 Å². The highest BCUT2D eigenvalue weighted by Crippen LogP contribution is 2.30. The van der Waals surface area contributed by atoms with Crippen LogP contribution in [0, 0.1) is 13.8 Å². The number of rotatable bonds is 29. The predicted octanol–water partition coefficient (Wildman–Crippen LogP) is 3.86. The number of esters is 1. The molecule has 23 heteroatoms. The lowest BCUT2D eigenvalue weighted by Gasteiger charge is -2.15. The molecule has 7 aromatic rings. The standard InChI is InChI=1S/C52H59N9O13S/c1-34-30-37(31-35(2)46(34)74-51(65)44-40-8-3-5-10-42(40)61(18-7-29-75(66,67)68)43-11-6-4-9-41(43)44)49(63)55-17-20-70-22-24-72-26-28-73-27-25-71-23-21-69-19-16-54-48(62)36-12-14-38(15-13-36)56-32-39-33-57-47-45(58-39)50(64)60-52(53)59-47/h3-6,8-15,30-31,33H,7,16-29,32H2,1-2H3,(H6-,53,54,55,56,57,59,60,62,63,64,66,67,68)/p+1. The number of nitrogens with zero attached hydrogens (tertiary/aromatic N) is 4. The molecule has 396 valence electrons.